The first-order valence-corrected chi connectivity index (χ1v) is 7.81. The van der Waals surface area contributed by atoms with Crippen molar-refractivity contribution < 1.29 is 4.74 Å². The van der Waals surface area contributed by atoms with Crippen molar-refractivity contribution >= 4 is 11.8 Å². The molecule has 0 aliphatic rings. The molecule has 1 aromatic carbocycles. The van der Waals surface area contributed by atoms with Gasteiger partial charge >= 0.3 is 0 Å². The van der Waals surface area contributed by atoms with E-state index in [-0.39, 0.29) is 6.04 Å². The summed E-state index contributed by atoms with van der Waals surface area (Å²) in [5.74, 6) is 2.42. The topological polar surface area (TPSA) is 21.3 Å². The second-order valence-corrected chi connectivity index (χ2v) is 5.87. The highest BCUT2D eigenvalue weighted by Gasteiger charge is 2.13. The molecule has 0 aliphatic heterocycles. The highest BCUT2D eigenvalue weighted by atomic mass is 32.2. The Balaban J connectivity index is 2.47. The van der Waals surface area contributed by atoms with E-state index in [9.17, 15) is 0 Å². The van der Waals surface area contributed by atoms with Gasteiger partial charge in [0.2, 0.25) is 0 Å². The van der Waals surface area contributed by atoms with E-state index in [0.717, 1.165) is 6.61 Å². The first-order valence-electron chi connectivity index (χ1n) is 6.65. The van der Waals surface area contributed by atoms with Crippen LogP contribution in [0.1, 0.15) is 31.9 Å². The Bertz CT molecular complexity index is 305. The normalized spacial score (nSPS) is 14.4. The van der Waals surface area contributed by atoms with Crippen LogP contribution in [0.4, 0.5) is 0 Å². The molecule has 0 fully saturated rings. The third kappa shape index (κ3) is 5.89. The molecule has 0 bridgehead atoms. The van der Waals surface area contributed by atoms with Crippen molar-refractivity contribution in [3.8, 4) is 0 Å². The molecule has 2 atom stereocenters. The van der Waals surface area contributed by atoms with Crippen LogP contribution in [0.2, 0.25) is 0 Å². The lowest BCUT2D eigenvalue weighted by molar-refractivity contribution is 0.161. The zero-order valence-corrected chi connectivity index (χ0v) is 12.5. The van der Waals surface area contributed by atoms with E-state index in [0.29, 0.717) is 6.04 Å². The molecule has 102 valence electrons. The Labute approximate surface area is 116 Å². The van der Waals surface area contributed by atoms with Crippen LogP contribution in [-0.2, 0) is 4.74 Å². The van der Waals surface area contributed by atoms with Crippen molar-refractivity contribution in [3.05, 3.63) is 35.9 Å². The lowest BCUT2D eigenvalue weighted by Gasteiger charge is -2.23. The molecular weight excluding hydrogens is 242 g/mol. The third-order valence-electron chi connectivity index (χ3n) is 2.92. The highest BCUT2D eigenvalue weighted by Crippen LogP contribution is 2.15. The minimum atomic E-state index is 0.290. The number of methoxy groups -OCH3 is 1. The Morgan fingerprint density at radius 2 is 2.00 bits per heavy atom. The summed E-state index contributed by atoms with van der Waals surface area (Å²) in [6, 6.07) is 11.3. The van der Waals surface area contributed by atoms with Crippen molar-refractivity contribution in [1.29, 1.82) is 0 Å². The predicted octanol–water partition coefficient (Wildman–Crippen LogP) is 3.50. The average Bonchev–Trinajstić information content (AvgIpc) is 2.39. The van der Waals surface area contributed by atoms with Gasteiger partial charge in [0.15, 0.2) is 0 Å². The second kappa shape index (κ2) is 9.42. The van der Waals surface area contributed by atoms with Gasteiger partial charge in [-0.15, -0.1) is 0 Å². The largest absolute Gasteiger partial charge is 0.383 e. The summed E-state index contributed by atoms with van der Waals surface area (Å²) in [7, 11) is 1.76. The van der Waals surface area contributed by atoms with Gasteiger partial charge < -0.3 is 10.1 Å². The number of thioether (sulfide) groups is 1. The maximum atomic E-state index is 5.32. The fraction of sp³-hybridized carbons (Fsp3) is 0.600. The summed E-state index contributed by atoms with van der Waals surface area (Å²) in [5.41, 5.74) is 1.30. The predicted molar refractivity (Wildman–Crippen MR) is 81.3 cm³/mol. The molecule has 0 heterocycles. The standard InChI is InChI=1S/C15H25NOS/c1-4-18-11-10-13(2)16-15(12-17-3)14-8-6-5-7-9-14/h5-9,13,15-16H,4,10-12H2,1-3H3. The molecule has 2 unspecified atom stereocenters. The maximum absolute atomic E-state index is 5.32. The molecule has 1 rings (SSSR count). The monoisotopic (exact) mass is 267 g/mol. The summed E-state index contributed by atoms with van der Waals surface area (Å²) >= 11 is 2.00. The van der Waals surface area contributed by atoms with E-state index in [2.05, 4.69) is 49.5 Å². The van der Waals surface area contributed by atoms with Gasteiger partial charge in [-0.3, -0.25) is 0 Å². The van der Waals surface area contributed by atoms with E-state index in [1.54, 1.807) is 7.11 Å². The molecule has 2 nitrogen and oxygen atoms in total. The third-order valence-corrected chi connectivity index (χ3v) is 3.85. The van der Waals surface area contributed by atoms with Crippen LogP contribution >= 0.6 is 11.8 Å². The Kier molecular flexibility index (Phi) is 8.14. The number of hydrogen-bond acceptors (Lipinski definition) is 3. The molecule has 0 spiro atoms. The lowest BCUT2D eigenvalue weighted by Crippen LogP contribution is -2.33. The minimum absolute atomic E-state index is 0.290. The molecule has 0 aliphatic carbocycles. The molecule has 0 aromatic heterocycles. The SMILES string of the molecule is CCSCCC(C)NC(COC)c1ccccc1. The van der Waals surface area contributed by atoms with E-state index in [1.165, 1.54) is 23.5 Å². The molecule has 1 N–H and O–H groups in total. The summed E-state index contributed by atoms with van der Waals surface area (Å²) in [6.45, 7) is 5.18. The fourth-order valence-electron chi connectivity index (χ4n) is 1.92. The molecular formula is C15H25NOS. The maximum Gasteiger partial charge on any atom is 0.0657 e. The molecule has 1 aromatic rings. The van der Waals surface area contributed by atoms with Gasteiger partial charge in [0.25, 0.3) is 0 Å². The summed E-state index contributed by atoms with van der Waals surface area (Å²) in [6.07, 6.45) is 1.20. The van der Waals surface area contributed by atoms with Gasteiger partial charge in [-0.1, -0.05) is 37.3 Å². The summed E-state index contributed by atoms with van der Waals surface area (Å²) in [5, 5.41) is 3.65. The van der Waals surface area contributed by atoms with Crippen molar-refractivity contribution in [1.82, 2.24) is 5.32 Å². The zero-order chi connectivity index (χ0) is 13.2. The molecule has 18 heavy (non-hydrogen) atoms. The van der Waals surface area contributed by atoms with E-state index in [1.807, 2.05) is 11.8 Å². The number of ether oxygens (including phenoxy) is 1. The summed E-state index contributed by atoms with van der Waals surface area (Å²) in [4.78, 5) is 0. The molecule has 0 radical (unpaired) electrons. The smallest absolute Gasteiger partial charge is 0.0657 e. The van der Waals surface area contributed by atoms with Crippen LogP contribution in [-0.4, -0.2) is 31.3 Å². The van der Waals surface area contributed by atoms with Gasteiger partial charge in [-0.2, -0.15) is 11.8 Å². The van der Waals surface area contributed by atoms with Crippen molar-refractivity contribution in [2.45, 2.75) is 32.4 Å². The first kappa shape index (κ1) is 15.5. The van der Waals surface area contributed by atoms with Crippen LogP contribution in [0.3, 0.4) is 0 Å². The van der Waals surface area contributed by atoms with Crippen LogP contribution in [0.15, 0.2) is 30.3 Å². The van der Waals surface area contributed by atoms with Gasteiger partial charge in [-0.05, 0) is 30.4 Å². The average molecular weight is 267 g/mol. The van der Waals surface area contributed by atoms with Crippen LogP contribution < -0.4 is 5.32 Å². The van der Waals surface area contributed by atoms with Crippen molar-refractivity contribution in [2.75, 3.05) is 25.2 Å². The number of hydrogen-bond donors (Lipinski definition) is 1. The van der Waals surface area contributed by atoms with Gasteiger partial charge in [0, 0.05) is 13.2 Å². The van der Waals surface area contributed by atoms with E-state index in [4.69, 9.17) is 4.74 Å². The quantitative estimate of drug-likeness (QED) is 0.692. The Hall–Kier alpha value is -0.510. The molecule has 0 saturated carbocycles. The zero-order valence-electron chi connectivity index (χ0n) is 11.7. The van der Waals surface area contributed by atoms with Crippen LogP contribution in [0.5, 0.6) is 0 Å². The second-order valence-electron chi connectivity index (χ2n) is 4.47. The fourth-order valence-corrected chi connectivity index (χ4v) is 2.73. The molecule has 0 amide bonds. The Morgan fingerprint density at radius 1 is 1.28 bits per heavy atom. The highest BCUT2D eigenvalue weighted by molar-refractivity contribution is 7.99. The van der Waals surface area contributed by atoms with Crippen LogP contribution in [0.25, 0.3) is 0 Å². The summed E-state index contributed by atoms with van der Waals surface area (Å²) < 4.78 is 5.32. The minimum Gasteiger partial charge on any atom is -0.383 e. The van der Waals surface area contributed by atoms with Crippen molar-refractivity contribution in [3.63, 3.8) is 0 Å². The van der Waals surface area contributed by atoms with Gasteiger partial charge in [-0.25, -0.2) is 0 Å². The lowest BCUT2D eigenvalue weighted by atomic mass is 10.1. The Morgan fingerprint density at radius 3 is 2.61 bits per heavy atom. The number of rotatable bonds is 9. The molecule has 3 heteroatoms. The first-order chi connectivity index (χ1) is 8.77. The van der Waals surface area contributed by atoms with E-state index >= 15 is 0 Å². The number of nitrogens with one attached hydrogen (secondary N) is 1. The van der Waals surface area contributed by atoms with Gasteiger partial charge in [0.05, 0.1) is 12.6 Å². The number of benzene rings is 1. The van der Waals surface area contributed by atoms with Crippen LogP contribution in [0, 0.1) is 0 Å². The van der Waals surface area contributed by atoms with Gasteiger partial charge in [0.1, 0.15) is 0 Å². The van der Waals surface area contributed by atoms with E-state index < -0.39 is 0 Å². The molecule has 0 saturated heterocycles. The van der Waals surface area contributed by atoms with Crippen molar-refractivity contribution in [2.24, 2.45) is 0 Å².